The summed E-state index contributed by atoms with van der Waals surface area (Å²) < 4.78 is 10.9. The summed E-state index contributed by atoms with van der Waals surface area (Å²) in [5, 5.41) is 18.0. The van der Waals surface area contributed by atoms with Crippen LogP contribution in [0.15, 0.2) is 66.0 Å². The minimum absolute atomic E-state index is 0.682. The molecule has 2 N–H and O–H groups in total. The van der Waals surface area contributed by atoms with Crippen molar-refractivity contribution in [3.8, 4) is 11.5 Å². The minimum atomic E-state index is -0.882. The summed E-state index contributed by atoms with van der Waals surface area (Å²) in [6.45, 7) is 2.93. The predicted molar refractivity (Wildman–Crippen MR) is 134 cm³/mol. The number of ether oxygens (including phenoxy) is 2. The lowest BCUT2D eigenvalue weighted by Crippen LogP contribution is -2.42. The number of fused-ring (bicyclic) bond motifs is 1. The summed E-state index contributed by atoms with van der Waals surface area (Å²) in [5.41, 5.74) is 8.55. The molecule has 0 amide bonds. The van der Waals surface area contributed by atoms with Gasteiger partial charge in [-0.05, 0) is 59.9 Å². The molecule has 182 valence electrons. The Kier molecular flexibility index (Phi) is 6.80. The summed E-state index contributed by atoms with van der Waals surface area (Å²) >= 11 is 0. The highest BCUT2D eigenvalue weighted by Crippen LogP contribution is 2.33. The van der Waals surface area contributed by atoms with Crippen LogP contribution in [0.25, 0.3) is 0 Å². The monoisotopic (exact) mass is 474 g/mol. The Morgan fingerprint density at radius 1 is 1.06 bits per heavy atom. The van der Waals surface area contributed by atoms with Crippen molar-refractivity contribution in [2.75, 3.05) is 32.4 Å². The molecule has 0 saturated carbocycles. The zero-order valence-corrected chi connectivity index (χ0v) is 20.0. The van der Waals surface area contributed by atoms with Crippen molar-refractivity contribution < 1.29 is 14.6 Å². The zero-order valence-electron chi connectivity index (χ0n) is 20.0. The summed E-state index contributed by atoms with van der Waals surface area (Å²) in [6, 6.07) is 16.1. The van der Waals surface area contributed by atoms with Crippen molar-refractivity contribution in [1.29, 1.82) is 0 Å². The average molecular weight is 475 g/mol. The van der Waals surface area contributed by atoms with Gasteiger partial charge in [-0.2, -0.15) is 5.12 Å². The van der Waals surface area contributed by atoms with Crippen molar-refractivity contribution in [3.05, 3.63) is 83.2 Å². The molecule has 1 atom stereocenters. The van der Waals surface area contributed by atoms with Gasteiger partial charge < -0.3 is 14.6 Å². The molecule has 2 aliphatic rings. The van der Waals surface area contributed by atoms with Crippen LogP contribution in [0.5, 0.6) is 11.5 Å². The van der Waals surface area contributed by atoms with Crippen LogP contribution in [0.2, 0.25) is 0 Å². The third kappa shape index (κ3) is 5.07. The fraction of sp³-hybridized carbons (Fsp3) is 0.308. The molecular weight excluding hydrogens is 444 g/mol. The Morgan fingerprint density at radius 2 is 1.83 bits per heavy atom. The molecule has 2 aliphatic heterocycles. The lowest BCUT2D eigenvalue weighted by Gasteiger charge is -2.29. The Labute approximate surface area is 205 Å². The molecule has 3 aromatic rings. The number of aliphatic hydroxyl groups excluding tert-OH is 1. The zero-order chi connectivity index (χ0) is 24.2. The maximum Gasteiger partial charge on any atom is 0.171 e. The van der Waals surface area contributed by atoms with Crippen molar-refractivity contribution >= 4 is 12.0 Å². The molecule has 0 fully saturated rings. The normalized spacial score (nSPS) is 16.3. The van der Waals surface area contributed by atoms with Crippen LogP contribution >= 0.6 is 0 Å². The molecule has 1 unspecified atom stereocenters. The number of rotatable bonds is 8. The second-order valence-electron chi connectivity index (χ2n) is 8.63. The Bertz CT molecular complexity index is 1170. The molecule has 2 aromatic carbocycles. The number of hydrazine groups is 2. The van der Waals surface area contributed by atoms with Gasteiger partial charge in [0, 0.05) is 37.6 Å². The molecule has 3 heterocycles. The molecule has 1 aromatic heterocycles. The van der Waals surface area contributed by atoms with E-state index in [1.54, 1.807) is 44.1 Å². The van der Waals surface area contributed by atoms with Crippen LogP contribution in [-0.2, 0) is 19.4 Å². The second kappa shape index (κ2) is 10.3. The van der Waals surface area contributed by atoms with E-state index < -0.39 is 6.23 Å². The molecule has 9 nitrogen and oxygen atoms in total. The van der Waals surface area contributed by atoms with Gasteiger partial charge in [0.05, 0.1) is 19.9 Å². The Hall–Kier alpha value is -3.66. The summed E-state index contributed by atoms with van der Waals surface area (Å²) in [4.78, 5) is 6.53. The lowest BCUT2D eigenvalue weighted by molar-refractivity contribution is 0.0292. The number of nitrogens with one attached hydrogen (secondary N) is 1. The number of hydrogen-bond donors (Lipinski definition) is 2. The van der Waals surface area contributed by atoms with Gasteiger partial charge in [-0.25, -0.2) is 5.01 Å². The molecule has 0 saturated heterocycles. The standard InChI is InChI=1S/C26H30N6O3/c1-34-24-14-20-10-13-30(17-22(20)15-25(24)35-2)12-9-19-5-7-23(8-6-19)32-28-18-31(29-32)26(33)21-4-3-11-27-16-21/h3-8,11,14-16,18,26,29,33H,9-10,12-13,17H2,1-2H3. The van der Waals surface area contributed by atoms with Gasteiger partial charge in [-0.3, -0.25) is 9.88 Å². The molecule has 0 spiro atoms. The van der Waals surface area contributed by atoms with Gasteiger partial charge in [-0.15, -0.1) is 10.6 Å². The van der Waals surface area contributed by atoms with Crippen molar-refractivity contribution in [3.63, 3.8) is 0 Å². The Morgan fingerprint density at radius 3 is 2.54 bits per heavy atom. The van der Waals surface area contributed by atoms with Crippen LogP contribution in [0.4, 0.5) is 5.69 Å². The first-order chi connectivity index (χ1) is 17.1. The molecule has 0 bridgehead atoms. The SMILES string of the molecule is COc1cc2c(cc1OC)CN(CCc1ccc(N3N=CN(C(O)c4cccnc4)N3)cc1)CC2. The average Bonchev–Trinajstić information content (AvgIpc) is 3.41. The second-order valence-corrected chi connectivity index (χ2v) is 8.63. The quantitative estimate of drug-likeness (QED) is 0.516. The molecule has 35 heavy (non-hydrogen) atoms. The van der Waals surface area contributed by atoms with Crippen molar-refractivity contribution in [1.82, 2.24) is 20.4 Å². The number of benzene rings is 2. The van der Waals surface area contributed by atoms with Gasteiger partial charge in [0.15, 0.2) is 17.7 Å². The number of hydrazone groups is 1. The molecule has 5 rings (SSSR count). The van der Waals surface area contributed by atoms with Crippen LogP contribution in [0.3, 0.4) is 0 Å². The summed E-state index contributed by atoms with van der Waals surface area (Å²) in [5.74, 6) is 1.58. The van der Waals surface area contributed by atoms with Gasteiger partial charge in [0.1, 0.15) is 6.34 Å². The highest BCUT2D eigenvalue weighted by atomic mass is 16.5. The predicted octanol–water partition coefficient (Wildman–Crippen LogP) is 2.88. The first-order valence-electron chi connectivity index (χ1n) is 11.7. The number of nitrogens with zero attached hydrogens (tertiary/aromatic N) is 5. The number of aliphatic hydroxyl groups is 1. The number of hydrogen-bond acceptors (Lipinski definition) is 9. The topological polar surface area (TPSA) is 85.7 Å². The van der Waals surface area contributed by atoms with E-state index >= 15 is 0 Å². The first-order valence-corrected chi connectivity index (χ1v) is 11.7. The summed E-state index contributed by atoms with van der Waals surface area (Å²) in [6.07, 6.45) is 5.96. The number of aromatic nitrogens is 1. The van der Waals surface area contributed by atoms with E-state index in [0.29, 0.717) is 5.56 Å². The molecule has 9 heteroatoms. The highest BCUT2D eigenvalue weighted by Gasteiger charge is 2.23. The number of anilines is 1. The van der Waals surface area contributed by atoms with Crippen molar-refractivity contribution in [2.45, 2.75) is 25.6 Å². The molecule has 0 aliphatic carbocycles. The number of methoxy groups -OCH3 is 2. The number of pyridine rings is 1. The largest absolute Gasteiger partial charge is 0.493 e. The third-order valence-electron chi connectivity index (χ3n) is 6.44. The van der Waals surface area contributed by atoms with Crippen molar-refractivity contribution in [2.24, 2.45) is 5.10 Å². The van der Waals surface area contributed by atoms with E-state index in [1.165, 1.54) is 21.7 Å². The minimum Gasteiger partial charge on any atom is -0.493 e. The fourth-order valence-corrected chi connectivity index (χ4v) is 4.42. The van der Waals surface area contributed by atoms with Crippen LogP contribution in [0, 0.1) is 0 Å². The third-order valence-corrected chi connectivity index (χ3v) is 6.44. The smallest absolute Gasteiger partial charge is 0.171 e. The summed E-state index contributed by atoms with van der Waals surface area (Å²) in [7, 11) is 3.36. The maximum absolute atomic E-state index is 10.5. The van der Waals surface area contributed by atoms with Crippen LogP contribution < -0.4 is 20.1 Å². The van der Waals surface area contributed by atoms with Crippen LogP contribution in [-0.4, -0.2) is 53.6 Å². The van der Waals surface area contributed by atoms with E-state index in [1.807, 2.05) is 18.2 Å². The van der Waals surface area contributed by atoms with E-state index in [-0.39, 0.29) is 0 Å². The van der Waals surface area contributed by atoms with E-state index in [2.05, 4.69) is 44.8 Å². The lowest BCUT2D eigenvalue weighted by atomic mass is 9.98. The maximum atomic E-state index is 10.5. The van der Waals surface area contributed by atoms with Gasteiger partial charge >= 0.3 is 0 Å². The first kappa shape index (κ1) is 23.1. The highest BCUT2D eigenvalue weighted by molar-refractivity contribution is 5.62. The van der Waals surface area contributed by atoms with Gasteiger partial charge in [0.2, 0.25) is 0 Å². The van der Waals surface area contributed by atoms with Crippen LogP contribution in [0.1, 0.15) is 28.5 Å². The molecule has 0 radical (unpaired) electrons. The van der Waals surface area contributed by atoms with Gasteiger partial charge in [0.25, 0.3) is 0 Å². The van der Waals surface area contributed by atoms with E-state index in [9.17, 15) is 5.11 Å². The van der Waals surface area contributed by atoms with E-state index in [4.69, 9.17) is 9.47 Å². The van der Waals surface area contributed by atoms with Gasteiger partial charge in [-0.1, -0.05) is 18.2 Å². The molecular formula is C26H30N6O3. The Balaban J connectivity index is 1.15. The fourth-order valence-electron chi connectivity index (χ4n) is 4.42. The van der Waals surface area contributed by atoms with E-state index in [0.717, 1.165) is 49.7 Å².